The third-order valence-corrected chi connectivity index (χ3v) is 7.53. The molecule has 9 heteroatoms. The average Bonchev–Trinajstić information content (AvgIpc) is 3.11. The first-order valence-corrected chi connectivity index (χ1v) is 11.5. The Labute approximate surface area is 153 Å². The molecule has 0 aromatic carbocycles. The summed E-state index contributed by atoms with van der Waals surface area (Å²) in [4.78, 5) is 20.3. The predicted molar refractivity (Wildman–Crippen MR) is 98.3 cm³/mol. The van der Waals surface area contributed by atoms with Crippen LogP contribution in [0.1, 0.15) is 36.7 Å². The maximum atomic E-state index is 12.5. The highest BCUT2D eigenvalue weighted by molar-refractivity contribution is 7.89. The molecule has 7 nitrogen and oxygen atoms in total. The van der Waals surface area contributed by atoms with Crippen molar-refractivity contribution < 1.29 is 13.2 Å². The van der Waals surface area contributed by atoms with Gasteiger partial charge in [0.15, 0.2) is 0 Å². The molecule has 2 aliphatic heterocycles. The Hall–Kier alpha value is -1.03. The molecular weight excluding hydrogens is 360 g/mol. The molecule has 0 N–H and O–H groups in total. The number of piperidine rings is 1. The van der Waals surface area contributed by atoms with E-state index in [2.05, 4.69) is 9.88 Å². The summed E-state index contributed by atoms with van der Waals surface area (Å²) in [6, 6.07) is -0.114. The topological polar surface area (TPSA) is 73.8 Å². The molecule has 0 aliphatic carbocycles. The normalized spacial score (nSPS) is 20.0. The third kappa shape index (κ3) is 4.39. The third-order valence-electron chi connectivity index (χ3n) is 5.02. The van der Waals surface area contributed by atoms with Gasteiger partial charge in [0.1, 0.15) is 5.69 Å². The molecule has 1 aromatic rings. The lowest BCUT2D eigenvalue weighted by Gasteiger charge is -2.44. The second-order valence-electron chi connectivity index (χ2n) is 6.65. The summed E-state index contributed by atoms with van der Waals surface area (Å²) in [6.45, 7) is 5.98. The van der Waals surface area contributed by atoms with E-state index in [1.807, 2.05) is 0 Å². The lowest BCUT2D eigenvalue weighted by molar-refractivity contribution is 0.0431. The molecule has 3 heterocycles. The minimum Gasteiger partial charge on any atom is -0.334 e. The van der Waals surface area contributed by atoms with Gasteiger partial charge in [-0.3, -0.25) is 4.79 Å². The molecule has 1 aromatic heterocycles. The van der Waals surface area contributed by atoms with Crippen LogP contribution in [0.4, 0.5) is 0 Å². The molecule has 0 bridgehead atoms. The van der Waals surface area contributed by atoms with Gasteiger partial charge in [-0.05, 0) is 32.9 Å². The van der Waals surface area contributed by atoms with Crippen LogP contribution in [0, 0.1) is 0 Å². The van der Waals surface area contributed by atoms with Crippen molar-refractivity contribution in [2.24, 2.45) is 0 Å². The Kier molecular flexibility index (Phi) is 6.08. The van der Waals surface area contributed by atoms with E-state index >= 15 is 0 Å². The molecule has 0 atom stereocenters. The summed E-state index contributed by atoms with van der Waals surface area (Å²) >= 11 is 1.39. The standard InChI is InChI=1S/C16H26N4O3S2/c1-2-25(22,23)20(9-8-18-6-4-3-5-7-18)14-10-19(11-14)16(21)15-12-24-13-17-15/h12-14H,2-11H2,1H3. The zero-order valence-electron chi connectivity index (χ0n) is 14.6. The number of carbonyl (C=O) groups is 1. The van der Waals surface area contributed by atoms with Crippen molar-refractivity contribution in [3.8, 4) is 0 Å². The zero-order chi connectivity index (χ0) is 17.9. The number of thiazole rings is 1. The monoisotopic (exact) mass is 386 g/mol. The first-order chi connectivity index (χ1) is 12.0. The summed E-state index contributed by atoms with van der Waals surface area (Å²) in [5.74, 6) is -0.00818. The van der Waals surface area contributed by atoms with E-state index in [-0.39, 0.29) is 17.7 Å². The van der Waals surface area contributed by atoms with Crippen molar-refractivity contribution in [1.82, 2.24) is 19.1 Å². The molecular formula is C16H26N4O3S2. The largest absolute Gasteiger partial charge is 0.334 e. The van der Waals surface area contributed by atoms with Crippen LogP contribution in [0.2, 0.25) is 0 Å². The predicted octanol–water partition coefficient (Wildman–Crippen LogP) is 1.11. The highest BCUT2D eigenvalue weighted by Crippen LogP contribution is 2.21. The number of likely N-dealkylation sites (tertiary alicyclic amines) is 2. The average molecular weight is 387 g/mol. The van der Waals surface area contributed by atoms with Gasteiger partial charge in [-0.15, -0.1) is 11.3 Å². The molecule has 25 heavy (non-hydrogen) atoms. The molecule has 2 aliphatic rings. The summed E-state index contributed by atoms with van der Waals surface area (Å²) in [7, 11) is -3.27. The Bertz CT molecular complexity index is 666. The number of rotatable bonds is 7. The van der Waals surface area contributed by atoms with Gasteiger partial charge in [0.25, 0.3) is 5.91 Å². The maximum Gasteiger partial charge on any atom is 0.273 e. The van der Waals surface area contributed by atoms with Crippen LogP contribution in [-0.4, -0.2) is 84.5 Å². The first kappa shape index (κ1) is 18.8. The Balaban J connectivity index is 1.58. The van der Waals surface area contributed by atoms with Crippen molar-refractivity contribution in [2.75, 3.05) is 45.0 Å². The fourth-order valence-electron chi connectivity index (χ4n) is 3.42. The molecule has 2 saturated heterocycles. The van der Waals surface area contributed by atoms with Gasteiger partial charge in [-0.1, -0.05) is 6.42 Å². The van der Waals surface area contributed by atoms with Gasteiger partial charge in [0, 0.05) is 31.6 Å². The first-order valence-electron chi connectivity index (χ1n) is 8.90. The van der Waals surface area contributed by atoms with Crippen molar-refractivity contribution in [2.45, 2.75) is 32.2 Å². The van der Waals surface area contributed by atoms with E-state index in [4.69, 9.17) is 0 Å². The van der Waals surface area contributed by atoms with Crippen LogP contribution in [0.15, 0.2) is 10.9 Å². The van der Waals surface area contributed by atoms with Crippen LogP contribution in [0.3, 0.4) is 0 Å². The van der Waals surface area contributed by atoms with Gasteiger partial charge in [-0.2, -0.15) is 4.31 Å². The quantitative estimate of drug-likeness (QED) is 0.702. The van der Waals surface area contributed by atoms with Crippen LogP contribution >= 0.6 is 11.3 Å². The molecule has 0 saturated carbocycles. The summed E-state index contributed by atoms with van der Waals surface area (Å²) in [6.07, 6.45) is 3.66. The number of carbonyl (C=O) groups excluding carboxylic acids is 1. The Morgan fingerprint density at radius 3 is 2.64 bits per heavy atom. The van der Waals surface area contributed by atoms with Gasteiger partial charge >= 0.3 is 0 Å². The molecule has 0 radical (unpaired) electrons. The molecule has 0 unspecified atom stereocenters. The molecule has 3 rings (SSSR count). The smallest absolute Gasteiger partial charge is 0.273 e. The van der Waals surface area contributed by atoms with E-state index < -0.39 is 10.0 Å². The second-order valence-corrected chi connectivity index (χ2v) is 9.58. The fraction of sp³-hybridized carbons (Fsp3) is 0.750. The number of nitrogens with zero attached hydrogens (tertiary/aromatic N) is 4. The number of aromatic nitrogens is 1. The molecule has 1 amide bonds. The van der Waals surface area contributed by atoms with E-state index in [0.29, 0.717) is 25.3 Å². The minimum absolute atomic E-state index is 0.101. The van der Waals surface area contributed by atoms with E-state index in [0.717, 1.165) is 19.6 Å². The van der Waals surface area contributed by atoms with Crippen LogP contribution < -0.4 is 0 Å². The molecule has 0 spiro atoms. The summed E-state index contributed by atoms with van der Waals surface area (Å²) < 4.78 is 26.6. The van der Waals surface area contributed by atoms with Crippen molar-refractivity contribution in [1.29, 1.82) is 0 Å². The van der Waals surface area contributed by atoms with Gasteiger partial charge < -0.3 is 9.80 Å². The van der Waals surface area contributed by atoms with Crippen LogP contribution in [-0.2, 0) is 10.0 Å². The van der Waals surface area contributed by atoms with Crippen LogP contribution in [0.5, 0.6) is 0 Å². The molecule has 140 valence electrons. The number of amides is 1. The Morgan fingerprint density at radius 2 is 2.04 bits per heavy atom. The maximum absolute atomic E-state index is 12.5. The van der Waals surface area contributed by atoms with Gasteiger partial charge in [0.2, 0.25) is 10.0 Å². The van der Waals surface area contributed by atoms with Crippen molar-refractivity contribution >= 4 is 27.3 Å². The second kappa shape index (κ2) is 8.11. The highest BCUT2D eigenvalue weighted by atomic mass is 32.2. The SMILES string of the molecule is CCS(=O)(=O)N(CCN1CCCCC1)C1CN(C(=O)c2cscn2)C1. The van der Waals surface area contributed by atoms with Gasteiger partial charge in [0.05, 0.1) is 17.3 Å². The number of hydrogen-bond donors (Lipinski definition) is 0. The lowest BCUT2D eigenvalue weighted by atomic mass is 10.1. The minimum atomic E-state index is -3.27. The fourth-order valence-corrected chi connectivity index (χ4v) is 5.23. The molecule has 2 fully saturated rings. The van der Waals surface area contributed by atoms with Crippen molar-refractivity contribution in [3.05, 3.63) is 16.6 Å². The Morgan fingerprint density at radius 1 is 1.32 bits per heavy atom. The van der Waals surface area contributed by atoms with E-state index in [1.165, 1.54) is 30.6 Å². The van der Waals surface area contributed by atoms with Crippen molar-refractivity contribution in [3.63, 3.8) is 0 Å². The summed E-state index contributed by atoms with van der Waals surface area (Å²) in [5.41, 5.74) is 2.08. The van der Waals surface area contributed by atoms with Gasteiger partial charge in [-0.25, -0.2) is 13.4 Å². The van der Waals surface area contributed by atoms with E-state index in [9.17, 15) is 13.2 Å². The zero-order valence-corrected chi connectivity index (χ0v) is 16.3. The lowest BCUT2D eigenvalue weighted by Crippen LogP contribution is -2.63. The van der Waals surface area contributed by atoms with Crippen LogP contribution in [0.25, 0.3) is 0 Å². The number of sulfonamides is 1. The highest BCUT2D eigenvalue weighted by Gasteiger charge is 2.40. The van der Waals surface area contributed by atoms with E-state index in [1.54, 1.807) is 27.0 Å². The number of hydrogen-bond acceptors (Lipinski definition) is 6. The summed E-state index contributed by atoms with van der Waals surface area (Å²) in [5, 5.41) is 1.73.